The summed E-state index contributed by atoms with van der Waals surface area (Å²) < 4.78 is 5.28. The van der Waals surface area contributed by atoms with Gasteiger partial charge in [-0.1, -0.05) is 6.42 Å². The Labute approximate surface area is 118 Å². The van der Waals surface area contributed by atoms with Crippen LogP contribution in [0.15, 0.2) is 16.7 Å². The molecule has 110 valence electrons. The Kier molecular flexibility index (Phi) is 3.81. The van der Waals surface area contributed by atoms with E-state index in [4.69, 9.17) is 9.52 Å². The number of hydrogen-bond donors (Lipinski definition) is 2. The number of piperidine rings is 2. The lowest BCUT2D eigenvalue weighted by atomic mass is 9.82. The summed E-state index contributed by atoms with van der Waals surface area (Å²) in [5.41, 5.74) is 0.269. The molecule has 0 aliphatic carbocycles. The predicted octanol–water partition coefficient (Wildman–Crippen LogP) is 2.08. The molecule has 0 radical (unpaired) electrons. The van der Waals surface area contributed by atoms with Crippen LogP contribution in [0.25, 0.3) is 0 Å². The van der Waals surface area contributed by atoms with E-state index in [1.54, 1.807) is 0 Å². The Bertz CT molecular complexity index is 471. The van der Waals surface area contributed by atoms with E-state index in [1.165, 1.54) is 31.6 Å². The van der Waals surface area contributed by atoms with Gasteiger partial charge in [-0.3, -0.25) is 0 Å². The number of carboxylic acid groups (broad SMARTS) is 1. The second-order valence-corrected chi connectivity index (χ2v) is 6.02. The average Bonchev–Trinajstić information content (AvgIpc) is 2.85. The normalized spacial score (nSPS) is 30.4. The van der Waals surface area contributed by atoms with Gasteiger partial charge in [0.15, 0.2) is 0 Å². The van der Waals surface area contributed by atoms with E-state index in [0.29, 0.717) is 30.4 Å². The number of fused-ring (bicyclic) bond motifs is 2. The van der Waals surface area contributed by atoms with Crippen LogP contribution >= 0.6 is 0 Å². The molecule has 2 fully saturated rings. The van der Waals surface area contributed by atoms with Crippen LogP contribution in [-0.2, 0) is 6.54 Å². The highest BCUT2D eigenvalue weighted by molar-refractivity contribution is 5.88. The van der Waals surface area contributed by atoms with Crippen molar-refractivity contribution >= 4 is 5.97 Å². The van der Waals surface area contributed by atoms with Crippen molar-refractivity contribution in [3.8, 4) is 0 Å². The third-order valence-corrected chi connectivity index (χ3v) is 4.87. The highest BCUT2D eigenvalue weighted by Gasteiger charge is 2.35. The van der Waals surface area contributed by atoms with Crippen LogP contribution in [0.5, 0.6) is 0 Å². The van der Waals surface area contributed by atoms with Gasteiger partial charge in [-0.2, -0.15) is 0 Å². The first kappa shape index (κ1) is 13.6. The van der Waals surface area contributed by atoms with Crippen molar-refractivity contribution in [1.82, 2.24) is 10.2 Å². The molecule has 0 aromatic carbocycles. The first-order chi connectivity index (χ1) is 9.65. The van der Waals surface area contributed by atoms with Gasteiger partial charge in [-0.15, -0.1) is 0 Å². The molecule has 0 saturated carbocycles. The lowest BCUT2D eigenvalue weighted by Gasteiger charge is -2.47. The highest BCUT2D eigenvalue weighted by Crippen LogP contribution is 2.32. The average molecular weight is 278 g/mol. The molecular formula is C15H22N2O3. The number of furan rings is 1. The van der Waals surface area contributed by atoms with Crippen LogP contribution < -0.4 is 5.32 Å². The Hall–Kier alpha value is -1.33. The minimum Gasteiger partial charge on any atom is -0.478 e. The van der Waals surface area contributed by atoms with E-state index < -0.39 is 5.97 Å². The van der Waals surface area contributed by atoms with E-state index in [9.17, 15) is 4.79 Å². The molecule has 2 N–H and O–H groups in total. The number of carboxylic acids is 1. The van der Waals surface area contributed by atoms with Crippen molar-refractivity contribution in [2.75, 3.05) is 7.05 Å². The van der Waals surface area contributed by atoms with E-state index in [1.807, 2.05) is 0 Å². The van der Waals surface area contributed by atoms with Gasteiger partial charge in [0, 0.05) is 18.1 Å². The summed E-state index contributed by atoms with van der Waals surface area (Å²) in [5, 5.41) is 12.5. The molecule has 2 aliphatic heterocycles. The SMILES string of the molecule is CN1C2CCCC1CC(NCc1occc1C(=O)O)C2. The number of carbonyl (C=O) groups is 1. The zero-order valence-electron chi connectivity index (χ0n) is 11.8. The van der Waals surface area contributed by atoms with Crippen molar-refractivity contribution in [2.24, 2.45) is 0 Å². The summed E-state index contributed by atoms with van der Waals surface area (Å²) in [6.07, 6.45) is 7.66. The van der Waals surface area contributed by atoms with Gasteiger partial charge in [-0.25, -0.2) is 4.79 Å². The fraction of sp³-hybridized carbons (Fsp3) is 0.667. The molecule has 0 amide bonds. The van der Waals surface area contributed by atoms with Crippen LogP contribution in [0, 0.1) is 0 Å². The topological polar surface area (TPSA) is 65.7 Å². The lowest BCUT2D eigenvalue weighted by molar-refractivity contribution is 0.0477. The second kappa shape index (κ2) is 5.58. The largest absolute Gasteiger partial charge is 0.478 e. The fourth-order valence-electron chi connectivity index (χ4n) is 3.69. The maximum atomic E-state index is 11.0. The molecule has 3 rings (SSSR count). The van der Waals surface area contributed by atoms with Gasteiger partial charge in [0.2, 0.25) is 0 Å². The molecular weight excluding hydrogens is 256 g/mol. The van der Waals surface area contributed by atoms with Crippen LogP contribution in [0.3, 0.4) is 0 Å². The van der Waals surface area contributed by atoms with Crippen LogP contribution in [0.1, 0.15) is 48.2 Å². The number of nitrogens with zero attached hydrogens (tertiary/aromatic N) is 1. The van der Waals surface area contributed by atoms with E-state index >= 15 is 0 Å². The van der Waals surface area contributed by atoms with E-state index in [-0.39, 0.29) is 5.56 Å². The minimum absolute atomic E-state index is 0.269. The van der Waals surface area contributed by atoms with Crippen LogP contribution in [0.2, 0.25) is 0 Å². The van der Waals surface area contributed by atoms with Gasteiger partial charge in [0.25, 0.3) is 0 Å². The molecule has 1 aromatic heterocycles. The third kappa shape index (κ3) is 2.60. The van der Waals surface area contributed by atoms with Crippen molar-refractivity contribution in [3.05, 3.63) is 23.7 Å². The zero-order chi connectivity index (χ0) is 14.1. The number of rotatable bonds is 4. The Morgan fingerprint density at radius 3 is 2.80 bits per heavy atom. The molecule has 2 bridgehead atoms. The van der Waals surface area contributed by atoms with Gasteiger partial charge in [0.05, 0.1) is 12.8 Å². The highest BCUT2D eigenvalue weighted by atomic mass is 16.4. The molecule has 2 aliphatic rings. The third-order valence-electron chi connectivity index (χ3n) is 4.87. The molecule has 2 unspecified atom stereocenters. The summed E-state index contributed by atoms with van der Waals surface area (Å²) >= 11 is 0. The standard InChI is InChI=1S/C15H22N2O3/c1-17-11-3-2-4-12(17)8-10(7-11)16-9-14-13(15(18)19)5-6-20-14/h5-6,10-12,16H,2-4,7-9H2,1H3,(H,18,19). The fourth-order valence-corrected chi connectivity index (χ4v) is 3.69. The van der Waals surface area contributed by atoms with Crippen molar-refractivity contribution in [1.29, 1.82) is 0 Å². The maximum Gasteiger partial charge on any atom is 0.339 e. The Morgan fingerprint density at radius 2 is 2.15 bits per heavy atom. The summed E-state index contributed by atoms with van der Waals surface area (Å²) in [4.78, 5) is 13.6. The first-order valence-corrected chi connectivity index (χ1v) is 7.40. The summed E-state index contributed by atoms with van der Waals surface area (Å²) in [7, 11) is 2.24. The Morgan fingerprint density at radius 1 is 1.45 bits per heavy atom. The summed E-state index contributed by atoms with van der Waals surface area (Å²) in [6.45, 7) is 0.502. The molecule has 2 atom stereocenters. The number of aromatic carboxylic acids is 1. The van der Waals surface area contributed by atoms with Gasteiger partial charge < -0.3 is 19.7 Å². The molecule has 1 aromatic rings. The quantitative estimate of drug-likeness (QED) is 0.882. The smallest absolute Gasteiger partial charge is 0.339 e. The lowest BCUT2D eigenvalue weighted by Crippen LogP contribution is -2.54. The van der Waals surface area contributed by atoms with Crippen molar-refractivity contribution in [3.63, 3.8) is 0 Å². The second-order valence-electron chi connectivity index (χ2n) is 6.02. The predicted molar refractivity (Wildman–Crippen MR) is 74.7 cm³/mol. The summed E-state index contributed by atoms with van der Waals surface area (Å²) in [6, 6.07) is 3.34. The molecule has 20 heavy (non-hydrogen) atoms. The van der Waals surface area contributed by atoms with Gasteiger partial charge >= 0.3 is 5.97 Å². The van der Waals surface area contributed by atoms with Crippen molar-refractivity contribution in [2.45, 2.75) is 56.8 Å². The Balaban J connectivity index is 1.59. The van der Waals surface area contributed by atoms with E-state index in [0.717, 1.165) is 12.8 Å². The number of nitrogens with one attached hydrogen (secondary N) is 1. The molecule has 5 nitrogen and oxygen atoms in total. The molecule has 5 heteroatoms. The van der Waals surface area contributed by atoms with Crippen LogP contribution in [0.4, 0.5) is 0 Å². The zero-order valence-corrected chi connectivity index (χ0v) is 11.8. The van der Waals surface area contributed by atoms with E-state index in [2.05, 4.69) is 17.3 Å². The minimum atomic E-state index is -0.921. The molecule has 2 saturated heterocycles. The van der Waals surface area contributed by atoms with Crippen molar-refractivity contribution < 1.29 is 14.3 Å². The summed E-state index contributed by atoms with van der Waals surface area (Å²) in [5.74, 6) is -0.391. The maximum absolute atomic E-state index is 11.0. The van der Waals surface area contributed by atoms with Gasteiger partial charge in [0.1, 0.15) is 11.3 Å². The number of hydrogen-bond acceptors (Lipinski definition) is 4. The first-order valence-electron chi connectivity index (χ1n) is 7.40. The molecule has 0 spiro atoms. The molecule has 3 heterocycles. The monoisotopic (exact) mass is 278 g/mol. The van der Waals surface area contributed by atoms with Crippen LogP contribution in [-0.4, -0.2) is 41.1 Å². The van der Waals surface area contributed by atoms with Gasteiger partial charge in [-0.05, 0) is 38.8 Å².